The number of likely N-dealkylation sites (tertiary alicyclic amines) is 2. The lowest BCUT2D eigenvalue weighted by molar-refractivity contribution is -0.139. The summed E-state index contributed by atoms with van der Waals surface area (Å²) in [6.45, 7) is 13.0. The van der Waals surface area contributed by atoms with Gasteiger partial charge in [-0.2, -0.15) is 0 Å². The van der Waals surface area contributed by atoms with Crippen molar-refractivity contribution >= 4 is 11.8 Å². The fourth-order valence-corrected chi connectivity index (χ4v) is 6.24. The van der Waals surface area contributed by atoms with Gasteiger partial charge in [0.25, 0.3) is 5.91 Å². The Balaban J connectivity index is 1.17. The van der Waals surface area contributed by atoms with E-state index >= 15 is 0 Å². The van der Waals surface area contributed by atoms with Gasteiger partial charge >= 0.3 is 0 Å². The average molecular weight is 497 g/mol. The number of piperidine rings is 2. The zero-order valence-corrected chi connectivity index (χ0v) is 22.8. The fourth-order valence-electron chi connectivity index (χ4n) is 6.24. The standard InChI is InChI=1S/C30H48N4O2/c1-3-5-6-7-8-25-9-11-26(12-10-25)29(35)33-19-15-28(16-20-33)32-17-13-27(14-18-32)30(36)34-23-21-31(4-2)22-24-34/h9-12,27-28H,3-8,13-24H2,1-2H3. The second-order valence-corrected chi connectivity index (χ2v) is 11.1. The maximum absolute atomic E-state index is 13.1. The van der Waals surface area contributed by atoms with E-state index in [2.05, 4.69) is 40.7 Å². The number of benzene rings is 1. The molecule has 0 spiro atoms. The molecule has 3 saturated heterocycles. The molecule has 0 aliphatic carbocycles. The zero-order chi connectivity index (χ0) is 25.3. The van der Waals surface area contributed by atoms with Crippen LogP contribution in [0, 0.1) is 5.92 Å². The van der Waals surface area contributed by atoms with Crippen LogP contribution in [0.1, 0.15) is 81.1 Å². The van der Waals surface area contributed by atoms with Crippen molar-refractivity contribution in [2.45, 2.75) is 77.7 Å². The Kier molecular flexibility index (Phi) is 10.2. The predicted octanol–water partition coefficient (Wildman–Crippen LogP) is 4.29. The van der Waals surface area contributed by atoms with E-state index in [0.717, 1.165) is 96.6 Å². The van der Waals surface area contributed by atoms with Gasteiger partial charge in [-0.05, 0) is 75.9 Å². The number of amides is 2. The van der Waals surface area contributed by atoms with E-state index in [9.17, 15) is 9.59 Å². The molecule has 0 unspecified atom stereocenters. The molecule has 0 saturated carbocycles. The van der Waals surface area contributed by atoms with Crippen molar-refractivity contribution in [1.29, 1.82) is 0 Å². The van der Waals surface area contributed by atoms with Crippen molar-refractivity contribution in [3.05, 3.63) is 35.4 Å². The molecule has 0 N–H and O–H groups in total. The Hall–Kier alpha value is -1.92. The minimum atomic E-state index is 0.179. The van der Waals surface area contributed by atoms with Gasteiger partial charge < -0.3 is 19.6 Å². The Bertz CT molecular complexity index is 818. The van der Waals surface area contributed by atoms with Crippen LogP contribution in [0.15, 0.2) is 24.3 Å². The summed E-state index contributed by atoms with van der Waals surface area (Å²) in [5.74, 6) is 0.766. The third-order valence-corrected chi connectivity index (χ3v) is 8.80. The molecule has 3 fully saturated rings. The van der Waals surface area contributed by atoms with E-state index in [1.807, 2.05) is 17.0 Å². The van der Waals surface area contributed by atoms with Crippen molar-refractivity contribution in [2.24, 2.45) is 5.92 Å². The molecule has 6 heteroatoms. The van der Waals surface area contributed by atoms with E-state index in [-0.39, 0.29) is 11.8 Å². The first-order valence-electron chi connectivity index (χ1n) is 14.7. The predicted molar refractivity (Wildman–Crippen MR) is 146 cm³/mol. The van der Waals surface area contributed by atoms with Gasteiger partial charge in [0, 0.05) is 56.8 Å². The van der Waals surface area contributed by atoms with Gasteiger partial charge in [0.15, 0.2) is 0 Å². The SMILES string of the molecule is CCCCCCc1ccc(C(=O)N2CCC(N3CCC(C(=O)N4CCN(CC)CC4)CC3)CC2)cc1. The largest absolute Gasteiger partial charge is 0.340 e. The quantitative estimate of drug-likeness (QED) is 0.479. The normalized spacial score (nSPS) is 21.2. The van der Waals surface area contributed by atoms with Gasteiger partial charge in [-0.15, -0.1) is 0 Å². The van der Waals surface area contributed by atoms with E-state index < -0.39 is 0 Å². The van der Waals surface area contributed by atoms with Gasteiger partial charge in [-0.3, -0.25) is 9.59 Å². The van der Waals surface area contributed by atoms with Crippen molar-refractivity contribution in [3.63, 3.8) is 0 Å². The molecule has 4 rings (SSSR count). The van der Waals surface area contributed by atoms with Gasteiger partial charge in [0.2, 0.25) is 5.91 Å². The first-order valence-corrected chi connectivity index (χ1v) is 14.7. The lowest BCUT2D eigenvalue weighted by Gasteiger charge is -2.42. The number of hydrogen-bond acceptors (Lipinski definition) is 4. The molecule has 0 bridgehead atoms. The summed E-state index contributed by atoms with van der Waals surface area (Å²) in [4.78, 5) is 35.3. The number of rotatable bonds is 9. The summed E-state index contributed by atoms with van der Waals surface area (Å²) in [6.07, 6.45) is 10.2. The van der Waals surface area contributed by atoms with Gasteiger partial charge in [-0.1, -0.05) is 45.2 Å². The number of piperazine rings is 1. The molecule has 0 aromatic heterocycles. The van der Waals surface area contributed by atoms with Crippen LogP contribution in [0.25, 0.3) is 0 Å². The van der Waals surface area contributed by atoms with Crippen LogP contribution in [0.5, 0.6) is 0 Å². The summed E-state index contributed by atoms with van der Waals surface area (Å²) < 4.78 is 0. The molecule has 6 nitrogen and oxygen atoms in total. The van der Waals surface area contributed by atoms with Crippen molar-refractivity contribution in [1.82, 2.24) is 19.6 Å². The Labute approximate surface area is 219 Å². The number of unbranched alkanes of at least 4 members (excludes halogenated alkanes) is 3. The van der Waals surface area contributed by atoms with Gasteiger partial charge in [0.1, 0.15) is 0 Å². The monoisotopic (exact) mass is 496 g/mol. The molecule has 1 aromatic carbocycles. The molecule has 0 radical (unpaired) electrons. The lowest BCUT2D eigenvalue weighted by Crippen LogP contribution is -2.53. The molecule has 1 aromatic rings. The van der Waals surface area contributed by atoms with E-state index in [0.29, 0.717) is 11.9 Å². The van der Waals surface area contributed by atoms with Crippen molar-refractivity contribution < 1.29 is 9.59 Å². The van der Waals surface area contributed by atoms with Crippen LogP contribution in [0.3, 0.4) is 0 Å². The number of likely N-dealkylation sites (N-methyl/N-ethyl adjacent to an activating group) is 1. The van der Waals surface area contributed by atoms with Crippen LogP contribution in [-0.4, -0.2) is 96.4 Å². The molecular formula is C30H48N4O2. The molecule has 36 heavy (non-hydrogen) atoms. The molecule has 0 atom stereocenters. The summed E-state index contributed by atoms with van der Waals surface area (Å²) in [6, 6.07) is 8.87. The van der Waals surface area contributed by atoms with E-state index in [4.69, 9.17) is 0 Å². The highest BCUT2D eigenvalue weighted by Gasteiger charge is 2.34. The van der Waals surface area contributed by atoms with E-state index in [1.54, 1.807) is 0 Å². The first kappa shape index (κ1) is 27.1. The highest BCUT2D eigenvalue weighted by molar-refractivity contribution is 5.94. The first-order chi connectivity index (χ1) is 17.6. The Morgan fingerprint density at radius 2 is 1.42 bits per heavy atom. The van der Waals surface area contributed by atoms with Crippen LogP contribution in [0.2, 0.25) is 0 Å². The fraction of sp³-hybridized carbons (Fsp3) is 0.733. The minimum Gasteiger partial charge on any atom is -0.340 e. The highest BCUT2D eigenvalue weighted by atomic mass is 16.2. The van der Waals surface area contributed by atoms with Gasteiger partial charge in [0.05, 0.1) is 0 Å². The van der Waals surface area contributed by atoms with Crippen LogP contribution < -0.4 is 0 Å². The van der Waals surface area contributed by atoms with Crippen molar-refractivity contribution in [2.75, 3.05) is 58.9 Å². The van der Waals surface area contributed by atoms with Crippen LogP contribution in [0.4, 0.5) is 0 Å². The molecular weight excluding hydrogens is 448 g/mol. The van der Waals surface area contributed by atoms with Crippen LogP contribution >= 0.6 is 0 Å². The smallest absolute Gasteiger partial charge is 0.253 e. The van der Waals surface area contributed by atoms with Gasteiger partial charge in [-0.25, -0.2) is 0 Å². The number of carbonyl (C=O) groups excluding carboxylic acids is 2. The number of carbonyl (C=O) groups is 2. The maximum atomic E-state index is 13.1. The maximum Gasteiger partial charge on any atom is 0.253 e. The average Bonchev–Trinajstić information content (AvgIpc) is 2.95. The van der Waals surface area contributed by atoms with Crippen LogP contribution in [-0.2, 0) is 11.2 Å². The third-order valence-electron chi connectivity index (χ3n) is 8.80. The van der Waals surface area contributed by atoms with E-state index in [1.165, 1.54) is 31.2 Å². The molecule has 3 aliphatic rings. The second kappa shape index (κ2) is 13.6. The number of nitrogens with zero attached hydrogens (tertiary/aromatic N) is 4. The Morgan fingerprint density at radius 1 is 0.750 bits per heavy atom. The lowest BCUT2D eigenvalue weighted by atomic mass is 9.92. The van der Waals surface area contributed by atoms with Crippen molar-refractivity contribution in [3.8, 4) is 0 Å². The zero-order valence-electron chi connectivity index (χ0n) is 22.8. The molecule has 2 amide bonds. The molecule has 3 aliphatic heterocycles. The molecule has 200 valence electrons. The number of hydrogen-bond donors (Lipinski definition) is 0. The molecule has 3 heterocycles. The Morgan fingerprint density at radius 3 is 2.03 bits per heavy atom. The summed E-state index contributed by atoms with van der Waals surface area (Å²) in [5, 5.41) is 0. The number of aryl methyl sites for hydroxylation is 1. The topological polar surface area (TPSA) is 47.1 Å². The summed E-state index contributed by atoms with van der Waals surface area (Å²) >= 11 is 0. The summed E-state index contributed by atoms with van der Waals surface area (Å²) in [5.41, 5.74) is 2.16. The highest BCUT2D eigenvalue weighted by Crippen LogP contribution is 2.26. The minimum absolute atomic E-state index is 0.179. The summed E-state index contributed by atoms with van der Waals surface area (Å²) in [7, 11) is 0. The second-order valence-electron chi connectivity index (χ2n) is 11.1. The third kappa shape index (κ3) is 7.10.